The van der Waals surface area contributed by atoms with Gasteiger partial charge in [-0.1, -0.05) is 0 Å². The van der Waals surface area contributed by atoms with E-state index in [0.717, 1.165) is 19.6 Å². The van der Waals surface area contributed by atoms with E-state index in [1.54, 1.807) is 17.1 Å². The van der Waals surface area contributed by atoms with Crippen molar-refractivity contribution in [1.29, 1.82) is 0 Å². The number of nitrogen functional groups attached to an aromatic ring is 1. The SMILES string of the molecule is CCN(CC)c1nc(N)nc(Oc2cnn(CC)c2)n1. The third kappa shape index (κ3) is 3.14. The highest BCUT2D eigenvalue weighted by Gasteiger charge is 2.11. The van der Waals surface area contributed by atoms with Crippen molar-refractivity contribution >= 4 is 11.9 Å². The molecule has 0 amide bonds. The second-order valence-electron chi connectivity index (χ2n) is 4.08. The molecule has 8 heteroatoms. The highest BCUT2D eigenvalue weighted by atomic mass is 16.5. The zero-order valence-corrected chi connectivity index (χ0v) is 11.9. The summed E-state index contributed by atoms with van der Waals surface area (Å²) in [6.07, 6.45) is 3.39. The van der Waals surface area contributed by atoms with E-state index in [2.05, 4.69) is 20.1 Å². The van der Waals surface area contributed by atoms with E-state index < -0.39 is 0 Å². The van der Waals surface area contributed by atoms with Gasteiger partial charge in [-0.15, -0.1) is 0 Å². The van der Waals surface area contributed by atoms with Crippen molar-refractivity contribution in [3.05, 3.63) is 12.4 Å². The number of aryl methyl sites for hydroxylation is 1. The number of ether oxygens (including phenoxy) is 1. The quantitative estimate of drug-likeness (QED) is 0.850. The van der Waals surface area contributed by atoms with Crippen molar-refractivity contribution < 1.29 is 4.74 Å². The van der Waals surface area contributed by atoms with E-state index >= 15 is 0 Å². The fraction of sp³-hybridized carbons (Fsp3) is 0.500. The summed E-state index contributed by atoms with van der Waals surface area (Å²) in [6, 6.07) is 0.176. The molecule has 8 nitrogen and oxygen atoms in total. The van der Waals surface area contributed by atoms with Gasteiger partial charge in [-0.2, -0.15) is 20.1 Å². The van der Waals surface area contributed by atoms with E-state index in [1.165, 1.54) is 0 Å². The molecule has 20 heavy (non-hydrogen) atoms. The van der Waals surface area contributed by atoms with Crippen LogP contribution in [-0.2, 0) is 6.54 Å². The highest BCUT2D eigenvalue weighted by Crippen LogP contribution is 2.19. The Morgan fingerprint density at radius 2 is 1.95 bits per heavy atom. The maximum Gasteiger partial charge on any atom is 0.328 e. The molecule has 0 aliphatic rings. The summed E-state index contributed by atoms with van der Waals surface area (Å²) in [7, 11) is 0. The van der Waals surface area contributed by atoms with E-state index in [1.807, 2.05) is 25.7 Å². The highest BCUT2D eigenvalue weighted by molar-refractivity contribution is 5.36. The van der Waals surface area contributed by atoms with Crippen LogP contribution in [0.2, 0.25) is 0 Å². The molecule has 0 unspecified atom stereocenters. The van der Waals surface area contributed by atoms with E-state index in [0.29, 0.717) is 11.7 Å². The Balaban J connectivity index is 2.23. The third-order valence-electron chi connectivity index (χ3n) is 2.81. The van der Waals surface area contributed by atoms with Gasteiger partial charge in [0.15, 0.2) is 5.75 Å². The standard InChI is InChI=1S/C12H19N7O/c1-4-18(5-2)11-15-10(13)16-12(17-11)20-9-7-14-19(6-3)8-9/h7-8H,4-6H2,1-3H3,(H2,13,15,16,17). The molecule has 0 spiro atoms. The molecule has 2 aromatic heterocycles. The first-order chi connectivity index (χ1) is 9.66. The molecule has 0 aromatic carbocycles. The molecular formula is C12H19N7O. The number of anilines is 2. The van der Waals surface area contributed by atoms with Gasteiger partial charge in [0.1, 0.15) is 0 Å². The van der Waals surface area contributed by atoms with Crippen molar-refractivity contribution in [2.75, 3.05) is 23.7 Å². The topological polar surface area (TPSA) is 95.0 Å². The maximum atomic E-state index is 5.70. The molecule has 0 aliphatic heterocycles. The number of nitrogens with zero attached hydrogens (tertiary/aromatic N) is 6. The van der Waals surface area contributed by atoms with E-state index in [4.69, 9.17) is 10.5 Å². The first-order valence-electron chi connectivity index (χ1n) is 6.63. The summed E-state index contributed by atoms with van der Waals surface area (Å²) < 4.78 is 7.32. The number of rotatable bonds is 6. The smallest absolute Gasteiger partial charge is 0.328 e. The maximum absolute atomic E-state index is 5.70. The van der Waals surface area contributed by atoms with Crippen LogP contribution >= 0.6 is 0 Å². The third-order valence-corrected chi connectivity index (χ3v) is 2.81. The summed E-state index contributed by atoms with van der Waals surface area (Å²) in [5.74, 6) is 1.23. The zero-order valence-electron chi connectivity index (χ0n) is 11.9. The van der Waals surface area contributed by atoms with Crippen LogP contribution in [0.3, 0.4) is 0 Å². The average Bonchev–Trinajstić information content (AvgIpc) is 2.87. The molecule has 0 saturated carbocycles. The lowest BCUT2D eigenvalue weighted by Gasteiger charge is -2.18. The van der Waals surface area contributed by atoms with Crippen molar-refractivity contribution in [1.82, 2.24) is 24.7 Å². The van der Waals surface area contributed by atoms with Crippen molar-refractivity contribution in [2.45, 2.75) is 27.3 Å². The monoisotopic (exact) mass is 277 g/mol. The van der Waals surface area contributed by atoms with Crippen molar-refractivity contribution in [3.63, 3.8) is 0 Å². The van der Waals surface area contributed by atoms with Gasteiger partial charge in [-0.05, 0) is 20.8 Å². The lowest BCUT2D eigenvalue weighted by Crippen LogP contribution is -2.25. The van der Waals surface area contributed by atoms with Crippen LogP contribution in [0.1, 0.15) is 20.8 Å². The second kappa shape index (κ2) is 6.18. The summed E-state index contributed by atoms with van der Waals surface area (Å²) in [6.45, 7) is 8.38. The first kappa shape index (κ1) is 14.0. The molecule has 0 aliphatic carbocycles. The predicted molar refractivity (Wildman–Crippen MR) is 75.8 cm³/mol. The molecule has 0 saturated heterocycles. The van der Waals surface area contributed by atoms with Gasteiger partial charge in [0.2, 0.25) is 11.9 Å². The van der Waals surface area contributed by atoms with Gasteiger partial charge in [0.25, 0.3) is 0 Å². The zero-order chi connectivity index (χ0) is 14.5. The lowest BCUT2D eigenvalue weighted by atomic mass is 10.5. The molecular weight excluding hydrogens is 258 g/mol. The Morgan fingerprint density at radius 3 is 2.55 bits per heavy atom. The van der Waals surface area contributed by atoms with Crippen LogP contribution in [0.25, 0.3) is 0 Å². The number of aromatic nitrogens is 5. The van der Waals surface area contributed by atoms with Crippen molar-refractivity contribution in [2.24, 2.45) is 0 Å². The molecule has 2 rings (SSSR count). The van der Waals surface area contributed by atoms with Crippen LogP contribution in [0, 0.1) is 0 Å². The molecule has 108 valence electrons. The van der Waals surface area contributed by atoms with Gasteiger partial charge in [-0.3, -0.25) is 4.68 Å². The molecule has 2 N–H and O–H groups in total. The Kier molecular flexibility index (Phi) is 4.34. The van der Waals surface area contributed by atoms with Crippen LogP contribution in [0.5, 0.6) is 11.8 Å². The van der Waals surface area contributed by atoms with Gasteiger partial charge >= 0.3 is 6.01 Å². The average molecular weight is 277 g/mol. The summed E-state index contributed by atoms with van der Waals surface area (Å²) in [5.41, 5.74) is 5.70. The minimum Gasteiger partial charge on any atom is -0.421 e. The minimum absolute atomic E-state index is 0.139. The Bertz CT molecular complexity index is 565. The first-order valence-corrected chi connectivity index (χ1v) is 6.63. The molecule has 2 heterocycles. The van der Waals surface area contributed by atoms with Crippen LogP contribution in [0.4, 0.5) is 11.9 Å². The largest absolute Gasteiger partial charge is 0.421 e. The van der Waals surface area contributed by atoms with E-state index in [9.17, 15) is 0 Å². The predicted octanol–water partition coefficient (Wildman–Crippen LogP) is 1.31. The van der Waals surface area contributed by atoms with Crippen LogP contribution < -0.4 is 15.4 Å². The molecule has 0 fully saturated rings. The fourth-order valence-electron chi connectivity index (χ4n) is 1.73. The number of nitrogens with two attached hydrogens (primary N) is 1. The van der Waals surface area contributed by atoms with Gasteiger partial charge in [0, 0.05) is 19.6 Å². The Labute approximate surface area is 117 Å². The van der Waals surface area contributed by atoms with Crippen LogP contribution in [-0.4, -0.2) is 37.8 Å². The molecule has 0 radical (unpaired) electrons. The lowest BCUT2D eigenvalue weighted by molar-refractivity contribution is 0.439. The van der Waals surface area contributed by atoms with E-state index in [-0.39, 0.29) is 12.0 Å². The molecule has 0 atom stereocenters. The van der Waals surface area contributed by atoms with Crippen LogP contribution in [0.15, 0.2) is 12.4 Å². The molecule has 0 bridgehead atoms. The second-order valence-corrected chi connectivity index (χ2v) is 4.08. The number of hydrogen-bond donors (Lipinski definition) is 1. The fourth-order valence-corrected chi connectivity index (χ4v) is 1.73. The van der Waals surface area contributed by atoms with Gasteiger partial charge in [0.05, 0.1) is 12.4 Å². The van der Waals surface area contributed by atoms with Gasteiger partial charge in [-0.25, -0.2) is 0 Å². The summed E-state index contributed by atoms with van der Waals surface area (Å²) >= 11 is 0. The Hall–Kier alpha value is -2.38. The summed E-state index contributed by atoms with van der Waals surface area (Å²) in [4.78, 5) is 14.3. The number of hydrogen-bond acceptors (Lipinski definition) is 7. The molecule has 2 aromatic rings. The van der Waals surface area contributed by atoms with Crippen molar-refractivity contribution in [3.8, 4) is 11.8 Å². The summed E-state index contributed by atoms with van der Waals surface area (Å²) in [5, 5.41) is 4.12. The minimum atomic E-state index is 0.139. The Morgan fingerprint density at radius 1 is 1.20 bits per heavy atom. The van der Waals surface area contributed by atoms with Gasteiger partial charge < -0.3 is 15.4 Å². The normalized spacial score (nSPS) is 10.6.